The summed E-state index contributed by atoms with van der Waals surface area (Å²) in [6.07, 6.45) is 1.70. The number of sulfonamides is 1. The van der Waals surface area contributed by atoms with Gasteiger partial charge < -0.3 is 20.2 Å². The number of hydrazine groups is 1. The summed E-state index contributed by atoms with van der Waals surface area (Å²) in [7, 11) is -4.92. The Morgan fingerprint density at radius 1 is 1.39 bits per heavy atom. The molecule has 0 saturated carbocycles. The van der Waals surface area contributed by atoms with Gasteiger partial charge in [0.1, 0.15) is 10.6 Å². The van der Waals surface area contributed by atoms with Gasteiger partial charge in [0.25, 0.3) is 18.3 Å². The number of nitrogens with zero attached hydrogens (tertiary/aromatic N) is 1. The minimum absolute atomic E-state index is 0.00147. The van der Waals surface area contributed by atoms with Crippen molar-refractivity contribution in [2.45, 2.75) is 62.7 Å². The van der Waals surface area contributed by atoms with Crippen LogP contribution in [-0.4, -0.2) is 53.2 Å². The maximum atomic E-state index is 13.5. The van der Waals surface area contributed by atoms with E-state index in [1.807, 2.05) is 13.1 Å². The molecule has 12 heteroatoms. The Bertz CT molecular complexity index is 922. The van der Waals surface area contributed by atoms with E-state index in [2.05, 4.69) is 30.9 Å². The molecule has 2 rings (SSSR count). The van der Waals surface area contributed by atoms with Crippen molar-refractivity contribution in [3.8, 4) is 5.75 Å². The smallest absolute Gasteiger partial charge is 0.258 e. The maximum absolute atomic E-state index is 13.5. The Kier molecular flexibility index (Phi) is 8.40. The van der Waals surface area contributed by atoms with Crippen molar-refractivity contribution in [1.29, 1.82) is 0 Å². The van der Waals surface area contributed by atoms with Crippen molar-refractivity contribution < 1.29 is 17.6 Å². The van der Waals surface area contributed by atoms with Crippen molar-refractivity contribution in [3.63, 3.8) is 0 Å². The lowest BCUT2D eigenvalue weighted by Crippen LogP contribution is -2.47. The van der Waals surface area contributed by atoms with E-state index < -0.39 is 18.3 Å². The van der Waals surface area contributed by atoms with Gasteiger partial charge in [-0.05, 0) is 55.3 Å². The Balaban J connectivity index is 2.58. The first-order valence-electron chi connectivity index (χ1n) is 10.1. The Hall–Kier alpha value is -0.953. The summed E-state index contributed by atoms with van der Waals surface area (Å²) in [4.78, 5) is 2.54. The molecule has 1 aromatic rings. The highest BCUT2D eigenvalue weighted by molar-refractivity contribution is 7.89. The quantitative estimate of drug-likeness (QED) is 0.360. The Morgan fingerprint density at radius 2 is 2.03 bits per heavy atom. The summed E-state index contributed by atoms with van der Waals surface area (Å²) in [6.45, 7) is 11.2. The molecule has 0 radical (unpaired) electrons. The lowest BCUT2D eigenvalue weighted by atomic mass is 10.2. The molecule has 1 aliphatic heterocycles. The fourth-order valence-corrected chi connectivity index (χ4v) is 6.08. The molecule has 0 aromatic heterocycles. The summed E-state index contributed by atoms with van der Waals surface area (Å²) < 4.78 is 38.7. The second-order valence-electron chi connectivity index (χ2n) is 9.14. The lowest BCUT2D eigenvalue weighted by molar-refractivity contribution is 0.104. The average molecular weight is 509 g/mol. The number of ether oxygens (including phenoxy) is 1. The van der Waals surface area contributed by atoms with Crippen LogP contribution in [-0.2, 0) is 14.8 Å². The zero-order valence-corrected chi connectivity index (χ0v) is 22.3. The van der Waals surface area contributed by atoms with Gasteiger partial charge in [-0.3, -0.25) is 0 Å². The van der Waals surface area contributed by atoms with Crippen LogP contribution >= 0.6 is 23.8 Å². The van der Waals surface area contributed by atoms with E-state index in [4.69, 9.17) is 38.7 Å². The van der Waals surface area contributed by atoms with E-state index in [0.717, 1.165) is 12.8 Å². The number of hydrogen-bond donors (Lipinski definition) is 3. The standard InChI is InChI=1S/C19H33ClN4O4S2Si/c1-19(2,3)31(5,6)28-16-15(22-18(21)29)10-9-14(20)17(16)30(25,26)23-24-11-7-8-13(24)12-27-4/h9-10,13,23H,7-8,11-12H2,1-6H3,(H3,21,22,29)/t13-/m0/s1. The number of anilines is 1. The van der Waals surface area contributed by atoms with Gasteiger partial charge in [-0.25, -0.2) is 13.4 Å². The third-order valence-electron chi connectivity index (χ3n) is 5.73. The van der Waals surface area contributed by atoms with Crippen LogP contribution in [0.15, 0.2) is 17.0 Å². The highest BCUT2D eigenvalue weighted by atomic mass is 35.5. The normalized spacial score (nSPS) is 18.2. The molecule has 1 atom stereocenters. The molecule has 0 amide bonds. The molecule has 8 nitrogen and oxygen atoms in total. The molecule has 1 heterocycles. The summed E-state index contributed by atoms with van der Waals surface area (Å²) in [6, 6.07) is 3.06. The van der Waals surface area contributed by atoms with Gasteiger partial charge >= 0.3 is 0 Å². The van der Waals surface area contributed by atoms with Crippen molar-refractivity contribution >= 4 is 53.0 Å². The highest BCUT2D eigenvalue weighted by Crippen LogP contribution is 2.44. The fourth-order valence-electron chi connectivity index (χ4n) is 3.05. The van der Waals surface area contributed by atoms with Gasteiger partial charge in [0, 0.05) is 19.7 Å². The largest absolute Gasteiger partial charge is 0.541 e. The van der Waals surface area contributed by atoms with Crippen molar-refractivity contribution in [2.75, 3.05) is 25.6 Å². The molecule has 1 aliphatic rings. The van der Waals surface area contributed by atoms with Crippen molar-refractivity contribution in [3.05, 3.63) is 17.2 Å². The number of methoxy groups -OCH3 is 1. The predicted octanol–water partition coefficient (Wildman–Crippen LogP) is 3.68. The first-order chi connectivity index (χ1) is 14.2. The fraction of sp³-hybridized carbons (Fsp3) is 0.632. The topological polar surface area (TPSA) is 106 Å². The van der Waals surface area contributed by atoms with E-state index in [1.165, 1.54) is 6.07 Å². The number of rotatable bonds is 8. The van der Waals surface area contributed by atoms with Crippen LogP contribution in [0.25, 0.3) is 0 Å². The van der Waals surface area contributed by atoms with Crippen LogP contribution in [0.2, 0.25) is 23.2 Å². The van der Waals surface area contributed by atoms with Crippen LogP contribution in [0, 0.1) is 0 Å². The average Bonchev–Trinajstić information content (AvgIpc) is 3.02. The van der Waals surface area contributed by atoms with Crippen LogP contribution in [0.5, 0.6) is 5.75 Å². The van der Waals surface area contributed by atoms with Crippen LogP contribution in [0.3, 0.4) is 0 Å². The third-order valence-corrected chi connectivity index (χ3v) is 12.0. The minimum Gasteiger partial charge on any atom is -0.541 e. The molecule has 1 saturated heterocycles. The van der Waals surface area contributed by atoms with Gasteiger partial charge in [-0.2, -0.15) is 0 Å². The van der Waals surface area contributed by atoms with E-state index >= 15 is 0 Å². The molecule has 1 fully saturated rings. The lowest BCUT2D eigenvalue weighted by Gasteiger charge is -2.37. The number of nitrogens with one attached hydrogen (secondary N) is 2. The summed E-state index contributed by atoms with van der Waals surface area (Å²) >= 11 is 11.4. The molecule has 176 valence electrons. The van der Waals surface area contributed by atoms with Crippen molar-refractivity contribution in [1.82, 2.24) is 9.84 Å². The highest BCUT2D eigenvalue weighted by Gasteiger charge is 2.42. The second-order valence-corrected chi connectivity index (χ2v) is 16.3. The van der Waals surface area contributed by atoms with E-state index in [9.17, 15) is 8.42 Å². The van der Waals surface area contributed by atoms with Gasteiger partial charge in [0.05, 0.1) is 17.3 Å². The van der Waals surface area contributed by atoms with Crippen LogP contribution in [0.4, 0.5) is 5.69 Å². The van der Waals surface area contributed by atoms with Crippen molar-refractivity contribution in [2.24, 2.45) is 5.73 Å². The maximum Gasteiger partial charge on any atom is 0.258 e. The van der Waals surface area contributed by atoms with Gasteiger partial charge in [0.2, 0.25) is 0 Å². The molecule has 0 bridgehead atoms. The van der Waals surface area contributed by atoms with E-state index in [0.29, 0.717) is 18.8 Å². The molecule has 1 aromatic carbocycles. The van der Waals surface area contributed by atoms with Crippen LogP contribution < -0.4 is 20.3 Å². The molecule has 0 unspecified atom stereocenters. The SMILES string of the molecule is COC[C@@H]1CCCN1NS(=O)(=O)c1c(Cl)ccc(NC(N)=S)c1O[Si](C)(C)C(C)(C)C. The molecular formula is C19H33ClN4O4S2Si. The summed E-state index contributed by atoms with van der Waals surface area (Å²) in [5.41, 5.74) is 6.04. The zero-order valence-electron chi connectivity index (χ0n) is 18.9. The molecular weight excluding hydrogens is 476 g/mol. The molecule has 0 spiro atoms. The van der Waals surface area contributed by atoms with E-state index in [-0.39, 0.29) is 31.9 Å². The predicted molar refractivity (Wildman–Crippen MR) is 132 cm³/mol. The van der Waals surface area contributed by atoms with Gasteiger partial charge in [-0.15, -0.1) is 4.83 Å². The first-order valence-corrected chi connectivity index (χ1v) is 15.2. The van der Waals surface area contributed by atoms with Gasteiger partial charge in [0.15, 0.2) is 5.11 Å². The summed E-state index contributed by atoms with van der Waals surface area (Å²) in [5, 5.41) is 4.39. The van der Waals surface area contributed by atoms with Crippen LogP contribution in [0.1, 0.15) is 33.6 Å². The number of benzene rings is 1. The Labute approximate surface area is 196 Å². The molecule has 4 N–H and O–H groups in total. The third kappa shape index (κ3) is 6.31. The summed E-state index contributed by atoms with van der Waals surface area (Å²) in [5.74, 6) is 0.127. The van der Waals surface area contributed by atoms with E-state index in [1.54, 1.807) is 18.2 Å². The Morgan fingerprint density at radius 3 is 2.58 bits per heavy atom. The second kappa shape index (κ2) is 9.90. The molecule has 31 heavy (non-hydrogen) atoms. The number of hydrogen-bond acceptors (Lipinski definition) is 6. The number of halogens is 1. The zero-order chi connectivity index (χ0) is 23.6. The monoisotopic (exact) mass is 508 g/mol. The molecule has 0 aliphatic carbocycles. The number of thiocarbonyl (C=S) groups is 1. The number of nitrogens with two attached hydrogens (primary N) is 1. The minimum atomic E-state index is -4.07. The first kappa shape index (κ1) is 26.3. The van der Waals surface area contributed by atoms with Gasteiger partial charge in [-0.1, -0.05) is 32.4 Å².